The molecule has 5 nitrogen and oxygen atoms in total. The van der Waals surface area contributed by atoms with Crippen LogP contribution in [0.15, 0.2) is 24.3 Å². The summed E-state index contributed by atoms with van der Waals surface area (Å²) in [5, 5.41) is 2.93. The van der Waals surface area contributed by atoms with E-state index in [1.807, 2.05) is 31.2 Å². The van der Waals surface area contributed by atoms with Gasteiger partial charge in [-0.1, -0.05) is 38.0 Å². The van der Waals surface area contributed by atoms with E-state index in [9.17, 15) is 9.59 Å². The van der Waals surface area contributed by atoms with E-state index in [0.717, 1.165) is 43.6 Å². The molecule has 2 amide bonds. The van der Waals surface area contributed by atoms with Crippen molar-refractivity contribution in [3.63, 3.8) is 0 Å². The Balaban J connectivity index is 1.90. The second kappa shape index (κ2) is 9.56. The van der Waals surface area contributed by atoms with Crippen LogP contribution in [0, 0.1) is 0 Å². The van der Waals surface area contributed by atoms with E-state index in [2.05, 4.69) is 17.1 Å². The van der Waals surface area contributed by atoms with Crippen molar-refractivity contribution in [3.8, 4) is 0 Å². The highest BCUT2D eigenvalue weighted by molar-refractivity contribution is 5.95. The normalized spacial score (nSPS) is 16.8. The number of carbonyl (C=O) groups is 2. The van der Waals surface area contributed by atoms with Crippen LogP contribution in [0.4, 0.5) is 5.69 Å². The van der Waals surface area contributed by atoms with Gasteiger partial charge in [-0.2, -0.15) is 0 Å². The standard InChI is InChI=1S/C20H31N3O2/c1-4-17-11-7-8-12-18(17)21-19(24)15-22(3)20(25)16(2)23-13-9-5-6-10-14-23/h7-8,11-12,16H,4-6,9-10,13-15H2,1-3H3,(H,21,24). The second-order valence-corrected chi connectivity index (χ2v) is 6.88. The first-order valence-electron chi connectivity index (χ1n) is 9.39. The number of hydrogen-bond donors (Lipinski definition) is 1. The summed E-state index contributed by atoms with van der Waals surface area (Å²) in [4.78, 5) is 28.8. The van der Waals surface area contributed by atoms with Crippen molar-refractivity contribution < 1.29 is 9.59 Å². The zero-order chi connectivity index (χ0) is 18.2. The molecular weight excluding hydrogens is 314 g/mol. The quantitative estimate of drug-likeness (QED) is 0.862. The van der Waals surface area contributed by atoms with E-state index < -0.39 is 0 Å². The minimum absolute atomic E-state index is 0.0147. The molecule has 1 N–H and O–H groups in total. The third kappa shape index (κ3) is 5.56. The van der Waals surface area contributed by atoms with Gasteiger partial charge in [0.2, 0.25) is 11.8 Å². The van der Waals surface area contributed by atoms with E-state index in [-0.39, 0.29) is 24.4 Å². The highest BCUT2D eigenvalue weighted by Crippen LogP contribution is 2.16. The molecule has 2 rings (SSSR count). The Hall–Kier alpha value is -1.88. The van der Waals surface area contributed by atoms with Crippen LogP contribution < -0.4 is 5.32 Å². The first-order chi connectivity index (χ1) is 12.0. The van der Waals surface area contributed by atoms with Gasteiger partial charge in [0, 0.05) is 12.7 Å². The molecule has 0 spiro atoms. The highest BCUT2D eigenvalue weighted by Gasteiger charge is 2.25. The highest BCUT2D eigenvalue weighted by atomic mass is 16.2. The fourth-order valence-corrected chi connectivity index (χ4v) is 3.39. The molecule has 138 valence electrons. The smallest absolute Gasteiger partial charge is 0.243 e. The summed E-state index contributed by atoms with van der Waals surface area (Å²) in [5.74, 6) is -0.138. The van der Waals surface area contributed by atoms with E-state index in [1.54, 1.807) is 11.9 Å². The van der Waals surface area contributed by atoms with Crippen LogP contribution in [0.1, 0.15) is 45.1 Å². The summed E-state index contributed by atoms with van der Waals surface area (Å²) >= 11 is 0. The van der Waals surface area contributed by atoms with Gasteiger partial charge in [-0.25, -0.2) is 0 Å². The molecule has 0 bridgehead atoms. The van der Waals surface area contributed by atoms with Crippen molar-refractivity contribution in [2.24, 2.45) is 0 Å². The lowest BCUT2D eigenvalue weighted by atomic mass is 10.1. The van der Waals surface area contributed by atoms with Crippen molar-refractivity contribution in [2.75, 3.05) is 32.0 Å². The maximum atomic E-state index is 12.7. The Morgan fingerprint density at radius 1 is 1.16 bits per heavy atom. The van der Waals surface area contributed by atoms with Crippen molar-refractivity contribution >= 4 is 17.5 Å². The predicted molar refractivity (Wildman–Crippen MR) is 102 cm³/mol. The number of nitrogens with zero attached hydrogens (tertiary/aromatic N) is 2. The maximum absolute atomic E-state index is 12.7. The average molecular weight is 345 g/mol. The molecule has 1 atom stereocenters. The number of likely N-dealkylation sites (tertiary alicyclic amines) is 1. The summed E-state index contributed by atoms with van der Waals surface area (Å²) in [6.45, 7) is 6.03. The molecule has 1 saturated heterocycles. The summed E-state index contributed by atoms with van der Waals surface area (Å²) in [7, 11) is 1.71. The number of likely N-dealkylation sites (N-methyl/N-ethyl adjacent to an activating group) is 1. The van der Waals surface area contributed by atoms with Gasteiger partial charge in [0.25, 0.3) is 0 Å². The van der Waals surface area contributed by atoms with Crippen LogP contribution in [-0.4, -0.2) is 54.3 Å². The molecule has 25 heavy (non-hydrogen) atoms. The second-order valence-electron chi connectivity index (χ2n) is 6.88. The lowest BCUT2D eigenvalue weighted by Crippen LogP contribution is -2.48. The number of nitrogens with one attached hydrogen (secondary N) is 1. The minimum atomic E-state index is -0.168. The van der Waals surface area contributed by atoms with Gasteiger partial charge in [0.05, 0.1) is 12.6 Å². The van der Waals surface area contributed by atoms with Crippen molar-refractivity contribution in [2.45, 2.75) is 52.0 Å². The number of rotatable bonds is 6. The number of aryl methyl sites for hydroxylation is 1. The first kappa shape index (κ1) is 19.4. The predicted octanol–water partition coefficient (Wildman–Crippen LogP) is 2.91. The summed E-state index contributed by atoms with van der Waals surface area (Å²) in [6.07, 6.45) is 5.64. The molecule has 5 heteroatoms. The van der Waals surface area contributed by atoms with Gasteiger partial charge in [0.1, 0.15) is 0 Å². The van der Waals surface area contributed by atoms with Crippen LogP contribution >= 0.6 is 0 Å². The van der Waals surface area contributed by atoms with E-state index in [1.165, 1.54) is 12.8 Å². The average Bonchev–Trinajstić information content (AvgIpc) is 2.90. The molecule has 1 aromatic carbocycles. The summed E-state index contributed by atoms with van der Waals surface area (Å²) in [6, 6.07) is 7.61. The molecule has 0 aliphatic carbocycles. The lowest BCUT2D eigenvalue weighted by Gasteiger charge is -2.30. The van der Waals surface area contributed by atoms with Crippen molar-refractivity contribution in [1.82, 2.24) is 9.80 Å². The maximum Gasteiger partial charge on any atom is 0.243 e. The number of benzene rings is 1. The SMILES string of the molecule is CCc1ccccc1NC(=O)CN(C)C(=O)C(C)N1CCCCCC1. The van der Waals surface area contributed by atoms with Crippen LogP contribution in [0.2, 0.25) is 0 Å². The Morgan fingerprint density at radius 3 is 2.44 bits per heavy atom. The lowest BCUT2D eigenvalue weighted by molar-refractivity contribution is -0.137. The van der Waals surface area contributed by atoms with Gasteiger partial charge in [-0.05, 0) is 50.9 Å². The van der Waals surface area contributed by atoms with Gasteiger partial charge < -0.3 is 10.2 Å². The Kier molecular flexibility index (Phi) is 7.44. The van der Waals surface area contributed by atoms with Crippen LogP contribution in [0.25, 0.3) is 0 Å². The zero-order valence-electron chi connectivity index (χ0n) is 15.8. The summed E-state index contributed by atoms with van der Waals surface area (Å²) in [5.41, 5.74) is 1.93. The van der Waals surface area contributed by atoms with Gasteiger partial charge in [0.15, 0.2) is 0 Å². The van der Waals surface area contributed by atoms with Crippen LogP contribution in [-0.2, 0) is 16.0 Å². The number of hydrogen-bond acceptors (Lipinski definition) is 3. The molecule has 1 unspecified atom stereocenters. The van der Waals surface area contributed by atoms with Gasteiger partial charge >= 0.3 is 0 Å². The molecule has 1 heterocycles. The molecule has 1 aromatic rings. The molecule has 1 aliphatic rings. The van der Waals surface area contributed by atoms with Crippen molar-refractivity contribution in [1.29, 1.82) is 0 Å². The largest absolute Gasteiger partial charge is 0.335 e. The monoisotopic (exact) mass is 345 g/mol. The molecule has 1 aliphatic heterocycles. The Bertz CT molecular complexity index is 580. The molecule has 1 fully saturated rings. The molecule has 0 radical (unpaired) electrons. The van der Waals surface area contributed by atoms with Crippen LogP contribution in [0.3, 0.4) is 0 Å². The number of amides is 2. The van der Waals surface area contributed by atoms with E-state index in [4.69, 9.17) is 0 Å². The summed E-state index contributed by atoms with van der Waals surface area (Å²) < 4.78 is 0. The van der Waals surface area contributed by atoms with E-state index >= 15 is 0 Å². The molecule has 0 saturated carbocycles. The number of para-hydroxylation sites is 1. The minimum Gasteiger partial charge on any atom is -0.335 e. The van der Waals surface area contributed by atoms with E-state index in [0.29, 0.717) is 0 Å². The first-order valence-corrected chi connectivity index (χ1v) is 9.39. The number of carbonyl (C=O) groups excluding carboxylic acids is 2. The Labute approximate surface area is 151 Å². The number of anilines is 1. The molecular formula is C20H31N3O2. The van der Waals surface area contributed by atoms with Crippen molar-refractivity contribution in [3.05, 3.63) is 29.8 Å². The third-order valence-corrected chi connectivity index (χ3v) is 4.98. The van der Waals surface area contributed by atoms with Gasteiger partial charge in [-0.15, -0.1) is 0 Å². The fourth-order valence-electron chi connectivity index (χ4n) is 3.39. The molecule has 0 aromatic heterocycles. The zero-order valence-corrected chi connectivity index (χ0v) is 15.8. The van der Waals surface area contributed by atoms with Gasteiger partial charge in [-0.3, -0.25) is 14.5 Å². The topological polar surface area (TPSA) is 52.7 Å². The van der Waals surface area contributed by atoms with Crippen LogP contribution in [0.5, 0.6) is 0 Å². The Morgan fingerprint density at radius 2 is 1.80 bits per heavy atom. The fraction of sp³-hybridized carbons (Fsp3) is 0.600. The third-order valence-electron chi connectivity index (χ3n) is 4.98.